The number of hydrogen-bond acceptors (Lipinski definition) is 8. The molecule has 1 atom stereocenters. The normalized spacial score (nSPS) is 15.0. The van der Waals surface area contributed by atoms with Crippen molar-refractivity contribution in [1.82, 2.24) is 30.2 Å². The van der Waals surface area contributed by atoms with E-state index < -0.39 is 11.7 Å². The Kier molecular flexibility index (Phi) is 6.15. The number of halogens is 3. The van der Waals surface area contributed by atoms with Gasteiger partial charge in [0, 0.05) is 55.7 Å². The van der Waals surface area contributed by atoms with E-state index in [9.17, 15) is 18.4 Å². The first kappa shape index (κ1) is 23.5. The molecule has 5 rings (SSSR count). The zero-order chi connectivity index (χ0) is 25.3. The number of aromatic amines is 1. The Balaban J connectivity index is 1.42. The van der Waals surface area contributed by atoms with E-state index in [-0.39, 0.29) is 34.3 Å². The van der Waals surface area contributed by atoms with Crippen LogP contribution in [-0.4, -0.2) is 51.1 Å². The number of anilines is 2. The van der Waals surface area contributed by atoms with Crippen LogP contribution in [0.4, 0.5) is 24.9 Å². The monoisotopic (exact) mass is 493 g/mol. The molecule has 12 heteroatoms. The van der Waals surface area contributed by atoms with Crippen LogP contribution in [-0.2, 0) is 6.18 Å². The van der Waals surface area contributed by atoms with Crippen LogP contribution in [0, 0.1) is 11.3 Å². The van der Waals surface area contributed by atoms with Crippen molar-refractivity contribution in [3.05, 3.63) is 59.7 Å². The third-order valence-electron chi connectivity index (χ3n) is 6.08. The summed E-state index contributed by atoms with van der Waals surface area (Å²) in [5, 5.41) is 16.3. The summed E-state index contributed by atoms with van der Waals surface area (Å²) in [6.07, 6.45) is 0.861. The molecule has 0 spiro atoms. The van der Waals surface area contributed by atoms with E-state index in [0.717, 1.165) is 49.8 Å². The van der Waals surface area contributed by atoms with Crippen molar-refractivity contribution < 1.29 is 13.2 Å². The van der Waals surface area contributed by atoms with Gasteiger partial charge in [0.15, 0.2) is 0 Å². The number of pyridine rings is 2. The van der Waals surface area contributed by atoms with E-state index in [2.05, 4.69) is 40.5 Å². The highest BCUT2D eigenvalue weighted by Crippen LogP contribution is 2.35. The van der Waals surface area contributed by atoms with Crippen LogP contribution in [0.5, 0.6) is 0 Å². The first-order valence-electron chi connectivity index (χ1n) is 11.3. The molecule has 4 aromatic heterocycles. The van der Waals surface area contributed by atoms with Gasteiger partial charge in [-0.3, -0.25) is 0 Å². The van der Waals surface area contributed by atoms with Crippen LogP contribution in [0.2, 0.25) is 0 Å². The first-order valence-corrected chi connectivity index (χ1v) is 11.3. The fourth-order valence-corrected chi connectivity index (χ4v) is 4.10. The Hall–Kier alpha value is -4.24. The average molecular weight is 493 g/mol. The molecule has 0 amide bonds. The van der Waals surface area contributed by atoms with Crippen molar-refractivity contribution >= 4 is 22.8 Å². The summed E-state index contributed by atoms with van der Waals surface area (Å²) in [6.45, 7) is 5.56. The fourth-order valence-electron chi connectivity index (χ4n) is 4.10. The summed E-state index contributed by atoms with van der Waals surface area (Å²) in [7, 11) is 0. The van der Waals surface area contributed by atoms with Gasteiger partial charge in [-0.1, -0.05) is 6.07 Å². The van der Waals surface area contributed by atoms with Crippen molar-refractivity contribution in [2.75, 3.05) is 36.4 Å². The summed E-state index contributed by atoms with van der Waals surface area (Å²) < 4.78 is 39.8. The molecule has 0 aromatic carbocycles. The summed E-state index contributed by atoms with van der Waals surface area (Å²) >= 11 is 0. The zero-order valence-electron chi connectivity index (χ0n) is 19.3. The zero-order valence-corrected chi connectivity index (χ0v) is 19.3. The minimum absolute atomic E-state index is 0.133. The van der Waals surface area contributed by atoms with Crippen LogP contribution in [0.1, 0.15) is 29.7 Å². The molecule has 4 aromatic rings. The highest BCUT2D eigenvalue weighted by atomic mass is 19.4. The van der Waals surface area contributed by atoms with E-state index in [1.165, 1.54) is 12.4 Å². The highest BCUT2D eigenvalue weighted by Gasteiger charge is 2.31. The average Bonchev–Trinajstić information content (AvgIpc) is 3.32. The molecule has 184 valence electrons. The highest BCUT2D eigenvalue weighted by molar-refractivity contribution is 5.94. The molecule has 0 radical (unpaired) electrons. The number of nitrogens with one attached hydrogen (secondary N) is 3. The van der Waals surface area contributed by atoms with Crippen molar-refractivity contribution in [2.24, 2.45) is 0 Å². The molecule has 36 heavy (non-hydrogen) atoms. The molecule has 0 unspecified atom stereocenters. The molecule has 1 aliphatic heterocycles. The van der Waals surface area contributed by atoms with Crippen LogP contribution in [0.15, 0.2) is 43.0 Å². The van der Waals surface area contributed by atoms with Crippen molar-refractivity contribution in [3.63, 3.8) is 0 Å². The largest absolute Gasteiger partial charge is 0.417 e. The Morgan fingerprint density at radius 2 is 1.92 bits per heavy atom. The SMILES string of the molecule is C[C@@H](Nc1ncc(C#N)c(-c2c[nH]c3ncc(C(F)(F)F)cc23)n1)c1ccc(N2CCNCC2)nc1. The third kappa shape index (κ3) is 4.65. The van der Waals surface area contributed by atoms with Gasteiger partial charge in [-0.05, 0) is 24.6 Å². The lowest BCUT2D eigenvalue weighted by Gasteiger charge is -2.28. The molecule has 1 saturated heterocycles. The number of piperazine rings is 1. The lowest BCUT2D eigenvalue weighted by molar-refractivity contribution is -0.137. The van der Waals surface area contributed by atoms with Gasteiger partial charge < -0.3 is 20.5 Å². The van der Waals surface area contributed by atoms with Gasteiger partial charge in [-0.2, -0.15) is 18.4 Å². The molecule has 0 saturated carbocycles. The number of hydrogen-bond donors (Lipinski definition) is 3. The molecular weight excluding hydrogens is 471 g/mol. The van der Waals surface area contributed by atoms with Gasteiger partial charge in [-0.25, -0.2) is 19.9 Å². The Morgan fingerprint density at radius 3 is 2.61 bits per heavy atom. The van der Waals surface area contributed by atoms with E-state index in [4.69, 9.17) is 0 Å². The summed E-state index contributed by atoms with van der Waals surface area (Å²) in [6, 6.07) is 6.76. The smallest absolute Gasteiger partial charge is 0.354 e. The number of nitrogens with zero attached hydrogens (tertiary/aromatic N) is 6. The maximum Gasteiger partial charge on any atom is 0.417 e. The summed E-state index contributed by atoms with van der Waals surface area (Å²) in [5.41, 5.74) is 0.969. The minimum Gasteiger partial charge on any atom is -0.354 e. The van der Waals surface area contributed by atoms with Gasteiger partial charge in [0.1, 0.15) is 17.5 Å². The molecule has 9 nitrogen and oxygen atoms in total. The summed E-state index contributed by atoms with van der Waals surface area (Å²) in [5.74, 6) is 1.15. The van der Waals surface area contributed by atoms with Gasteiger partial charge in [0.2, 0.25) is 5.95 Å². The molecule has 3 N–H and O–H groups in total. The standard InChI is InChI=1S/C24H22F3N9/c1-14(15-2-3-20(30-10-15)36-6-4-29-5-7-36)34-23-33-11-16(9-28)21(35-23)19-13-32-22-18(19)8-17(12-31-22)24(25,26)27/h2-3,8,10-14,29H,4-7H2,1H3,(H,31,32)(H,33,34,35)/t14-/m1/s1. The number of aromatic nitrogens is 5. The Bertz CT molecular complexity index is 1420. The quantitative estimate of drug-likeness (QED) is 0.383. The predicted molar refractivity (Wildman–Crippen MR) is 128 cm³/mol. The van der Waals surface area contributed by atoms with E-state index in [1.54, 1.807) is 6.20 Å². The van der Waals surface area contributed by atoms with Gasteiger partial charge in [0.05, 0.1) is 29.1 Å². The van der Waals surface area contributed by atoms with E-state index in [0.29, 0.717) is 5.56 Å². The maximum atomic E-state index is 13.3. The minimum atomic E-state index is -4.55. The number of H-pyrrole nitrogens is 1. The number of nitriles is 1. The Morgan fingerprint density at radius 1 is 1.11 bits per heavy atom. The maximum absolute atomic E-state index is 13.3. The first-order chi connectivity index (χ1) is 17.3. The second kappa shape index (κ2) is 9.43. The fraction of sp³-hybridized carbons (Fsp3) is 0.292. The van der Waals surface area contributed by atoms with E-state index >= 15 is 0 Å². The lowest BCUT2D eigenvalue weighted by atomic mass is 10.1. The molecule has 1 aliphatic rings. The van der Waals surface area contributed by atoms with Gasteiger partial charge >= 0.3 is 6.18 Å². The third-order valence-corrected chi connectivity index (χ3v) is 6.08. The van der Waals surface area contributed by atoms with Crippen LogP contribution in [0.25, 0.3) is 22.3 Å². The van der Waals surface area contributed by atoms with Crippen molar-refractivity contribution in [1.29, 1.82) is 5.26 Å². The molecular formula is C24H22F3N9. The molecule has 0 aliphatic carbocycles. The van der Waals surface area contributed by atoms with Crippen LogP contribution in [0.3, 0.4) is 0 Å². The number of alkyl halides is 3. The second-order valence-electron chi connectivity index (χ2n) is 8.44. The second-order valence-corrected chi connectivity index (χ2v) is 8.44. The van der Waals surface area contributed by atoms with E-state index in [1.807, 2.05) is 25.1 Å². The Labute approximate surface area is 204 Å². The molecule has 1 fully saturated rings. The van der Waals surface area contributed by atoms with Gasteiger partial charge in [-0.15, -0.1) is 0 Å². The number of fused-ring (bicyclic) bond motifs is 1. The molecule has 0 bridgehead atoms. The van der Waals surface area contributed by atoms with Crippen LogP contribution >= 0.6 is 0 Å². The van der Waals surface area contributed by atoms with Crippen molar-refractivity contribution in [3.8, 4) is 17.3 Å². The number of rotatable bonds is 5. The predicted octanol–water partition coefficient (Wildman–Crippen LogP) is 3.89. The summed E-state index contributed by atoms with van der Waals surface area (Å²) in [4.78, 5) is 22.2. The van der Waals surface area contributed by atoms with Crippen LogP contribution < -0.4 is 15.5 Å². The lowest BCUT2D eigenvalue weighted by Crippen LogP contribution is -2.43. The van der Waals surface area contributed by atoms with Gasteiger partial charge in [0.25, 0.3) is 0 Å². The topological polar surface area (TPSA) is 118 Å². The van der Waals surface area contributed by atoms with Crippen molar-refractivity contribution in [2.45, 2.75) is 19.1 Å². The molecule has 5 heterocycles.